The van der Waals surface area contributed by atoms with Crippen LogP contribution in [-0.4, -0.2) is 19.1 Å². The minimum absolute atomic E-state index is 0.143. The largest absolute Gasteiger partial charge is 0.494 e. The number of benzene rings is 1. The van der Waals surface area contributed by atoms with Gasteiger partial charge in [-0.25, -0.2) is 4.39 Å². The fourth-order valence-corrected chi connectivity index (χ4v) is 1.46. The van der Waals surface area contributed by atoms with Gasteiger partial charge in [0.25, 0.3) is 0 Å². The van der Waals surface area contributed by atoms with Crippen molar-refractivity contribution in [3.63, 3.8) is 0 Å². The van der Waals surface area contributed by atoms with Crippen molar-refractivity contribution in [1.29, 1.82) is 0 Å². The molecular weight excluding hydrogens is 247 g/mol. The summed E-state index contributed by atoms with van der Waals surface area (Å²) in [6, 6.07) is 4.02. The second-order valence-corrected chi connectivity index (χ2v) is 5.57. The molecule has 1 unspecified atom stereocenters. The van der Waals surface area contributed by atoms with Crippen molar-refractivity contribution in [2.45, 2.75) is 33.2 Å². The van der Waals surface area contributed by atoms with Crippen LogP contribution in [0.3, 0.4) is 0 Å². The predicted octanol–water partition coefficient (Wildman–Crippen LogP) is 2.54. The highest BCUT2D eigenvalue weighted by molar-refractivity contribution is 5.91. The third-order valence-corrected chi connectivity index (χ3v) is 2.95. The van der Waals surface area contributed by atoms with E-state index in [4.69, 9.17) is 10.5 Å². The lowest BCUT2D eigenvalue weighted by atomic mass is 9.85. The first-order chi connectivity index (χ1) is 8.74. The number of amides is 1. The molecular formula is C14H21FN2O2. The quantitative estimate of drug-likeness (QED) is 0.882. The molecule has 0 aliphatic rings. The lowest BCUT2D eigenvalue weighted by molar-refractivity contribution is -0.117. The molecule has 19 heavy (non-hydrogen) atoms. The summed E-state index contributed by atoms with van der Waals surface area (Å²) in [4.78, 5) is 11.8. The van der Waals surface area contributed by atoms with Gasteiger partial charge in [0.1, 0.15) is 0 Å². The summed E-state index contributed by atoms with van der Waals surface area (Å²) in [5, 5.41) is 2.62. The van der Waals surface area contributed by atoms with Crippen LogP contribution < -0.4 is 15.8 Å². The number of methoxy groups -OCH3 is 1. The van der Waals surface area contributed by atoms with Crippen LogP contribution in [0, 0.1) is 11.2 Å². The normalized spacial score (nSPS) is 12.9. The maximum Gasteiger partial charge on any atom is 0.225 e. The highest BCUT2D eigenvalue weighted by atomic mass is 19.1. The average molecular weight is 268 g/mol. The van der Waals surface area contributed by atoms with Gasteiger partial charge in [0.15, 0.2) is 11.6 Å². The molecule has 1 atom stereocenters. The molecule has 5 heteroatoms. The number of anilines is 1. The summed E-state index contributed by atoms with van der Waals surface area (Å²) in [7, 11) is 1.39. The Bertz CT molecular complexity index is 455. The van der Waals surface area contributed by atoms with Crippen molar-refractivity contribution in [3.8, 4) is 5.75 Å². The summed E-state index contributed by atoms with van der Waals surface area (Å²) in [5.74, 6) is -0.600. The molecule has 1 aromatic carbocycles. The average Bonchev–Trinajstić information content (AvgIpc) is 2.27. The van der Waals surface area contributed by atoms with Crippen molar-refractivity contribution < 1.29 is 13.9 Å². The first kappa shape index (κ1) is 15.4. The number of hydrogen-bond acceptors (Lipinski definition) is 3. The summed E-state index contributed by atoms with van der Waals surface area (Å²) >= 11 is 0. The third kappa shape index (κ3) is 4.52. The number of carbonyl (C=O) groups is 1. The zero-order valence-corrected chi connectivity index (χ0v) is 11.8. The van der Waals surface area contributed by atoms with Crippen molar-refractivity contribution in [2.24, 2.45) is 11.1 Å². The monoisotopic (exact) mass is 268 g/mol. The molecule has 0 aliphatic heterocycles. The number of halogens is 1. The minimum Gasteiger partial charge on any atom is -0.494 e. The minimum atomic E-state index is -0.514. The van der Waals surface area contributed by atoms with E-state index in [0.29, 0.717) is 5.69 Å². The van der Waals surface area contributed by atoms with Gasteiger partial charge in [-0.1, -0.05) is 20.8 Å². The van der Waals surface area contributed by atoms with E-state index in [2.05, 4.69) is 5.32 Å². The van der Waals surface area contributed by atoms with Crippen molar-refractivity contribution in [3.05, 3.63) is 24.0 Å². The molecule has 0 aliphatic carbocycles. The Morgan fingerprint density at radius 3 is 2.58 bits per heavy atom. The topological polar surface area (TPSA) is 64.3 Å². The smallest absolute Gasteiger partial charge is 0.225 e. The Labute approximate surface area is 113 Å². The molecule has 106 valence electrons. The Morgan fingerprint density at radius 2 is 2.11 bits per heavy atom. The van der Waals surface area contributed by atoms with Crippen molar-refractivity contribution in [2.75, 3.05) is 12.4 Å². The zero-order chi connectivity index (χ0) is 14.6. The number of nitrogens with one attached hydrogen (secondary N) is 1. The van der Waals surface area contributed by atoms with Crippen LogP contribution in [0.25, 0.3) is 0 Å². The molecule has 0 bridgehead atoms. The van der Waals surface area contributed by atoms with Crippen LogP contribution in [0.5, 0.6) is 5.75 Å². The zero-order valence-electron chi connectivity index (χ0n) is 11.8. The summed E-state index contributed by atoms with van der Waals surface area (Å²) in [5.41, 5.74) is 6.17. The van der Waals surface area contributed by atoms with E-state index in [1.165, 1.54) is 19.2 Å². The van der Waals surface area contributed by atoms with Gasteiger partial charge in [-0.05, 0) is 17.5 Å². The van der Waals surface area contributed by atoms with E-state index in [9.17, 15) is 9.18 Å². The molecule has 0 spiro atoms. The van der Waals surface area contributed by atoms with Gasteiger partial charge in [-0.15, -0.1) is 0 Å². The molecule has 0 saturated heterocycles. The summed E-state index contributed by atoms with van der Waals surface area (Å²) in [6.45, 7) is 5.91. The SMILES string of the molecule is COc1ccc(NC(=O)CC(N)C(C)(C)C)cc1F. The fraction of sp³-hybridized carbons (Fsp3) is 0.500. The Hall–Kier alpha value is -1.62. The van der Waals surface area contributed by atoms with E-state index in [1.54, 1.807) is 6.07 Å². The molecule has 1 aromatic rings. The molecule has 4 nitrogen and oxygen atoms in total. The molecule has 1 amide bonds. The molecule has 1 rings (SSSR count). The van der Waals surface area contributed by atoms with Crippen LogP contribution >= 0.6 is 0 Å². The van der Waals surface area contributed by atoms with Gasteiger partial charge < -0.3 is 15.8 Å². The van der Waals surface area contributed by atoms with Gasteiger partial charge in [-0.3, -0.25) is 4.79 Å². The number of nitrogens with two attached hydrogens (primary N) is 1. The van der Waals surface area contributed by atoms with Crippen LogP contribution in [0.15, 0.2) is 18.2 Å². The standard InChI is InChI=1S/C14H21FN2O2/c1-14(2,3)12(16)8-13(18)17-9-5-6-11(19-4)10(15)7-9/h5-7,12H,8,16H2,1-4H3,(H,17,18). The first-order valence-corrected chi connectivity index (χ1v) is 6.13. The van der Waals surface area contributed by atoms with Gasteiger partial charge >= 0.3 is 0 Å². The van der Waals surface area contributed by atoms with Crippen LogP contribution in [0.1, 0.15) is 27.2 Å². The van der Waals surface area contributed by atoms with E-state index in [1.807, 2.05) is 20.8 Å². The number of carbonyl (C=O) groups excluding carboxylic acids is 1. The molecule has 0 saturated carbocycles. The Kier molecular flexibility index (Phi) is 4.89. The second kappa shape index (κ2) is 6.02. The summed E-state index contributed by atoms with van der Waals surface area (Å²) in [6.07, 6.45) is 0.192. The van der Waals surface area contributed by atoms with Gasteiger partial charge in [-0.2, -0.15) is 0 Å². The second-order valence-electron chi connectivity index (χ2n) is 5.57. The Morgan fingerprint density at radius 1 is 1.47 bits per heavy atom. The number of hydrogen-bond donors (Lipinski definition) is 2. The van der Waals surface area contributed by atoms with E-state index in [0.717, 1.165) is 0 Å². The van der Waals surface area contributed by atoms with E-state index >= 15 is 0 Å². The fourth-order valence-electron chi connectivity index (χ4n) is 1.46. The maximum atomic E-state index is 13.5. The molecule has 0 aromatic heterocycles. The van der Waals surface area contributed by atoms with Gasteiger partial charge in [0.2, 0.25) is 5.91 Å². The number of ether oxygens (including phenoxy) is 1. The lowest BCUT2D eigenvalue weighted by Crippen LogP contribution is -2.38. The van der Waals surface area contributed by atoms with Crippen LogP contribution in [-0.2, 0) is 4.79 Å². The Balaban J connectivity index is 2.65. The van der Waals surface area contributed by atoms with Crippen LogP contribution in [0.2, 0.25) is 0 Å². The molecule has 0 fully saturated rings. The summed E-state index contributed by atoms with van der Waals surface area (Å²) < 4.78 is 18.3. The van der Waals surface area contributed by atoms with Gasteiger partial charge in [0, 0.05) is 24.2 Å². The molecule has 3 N–H and O–H groups in total. The van der Waals surface area contributed by atoms with E-state index in [-0.39, 0.29) is 29.5 Å². The lowest BCUT2D eigenvalue weighted by Gasteiger charge is -2.26. The third-order valence-electron chi connectivity index (χ3n) is 2.95. The number of rotatable bonds is 4. The first-order valence-electron chi connectivity index (χ1n) is 6.13. The highest BCUT2D eigenvalue weighted by Gasteiger charge is 2.23. The highest BCUT2D eigenvalue weighted by Crippen LogP contribution is 2.22. The van der Waals surface area contributed by atoms with Crippen LogP contribution in [0.4, 0.5) is 10.1 Å². The predicted molar refractivity (Wildman–Crippen MR) is 73.6 cm³/mol. The van der Waals surface area contributed by atoms with Crippen molar-refractivity contribution in [1.82, 2.24) is 0 Å². The van der Waals surface area contributed by atoms with E-state index < -0.39 is 5.82 Å². The van der Waals surface area contributed by atoms with Gasteiger partial charge in [0.05, 0.1) is 7.11 Å². The maximum absolute atomic E-state index is 13.5. The molecule has 0 radical (unpaired) electrons. The van der Waals surface area contributed by atoms with Crippen molar-refractivity contribution >= 4 is 11.6 Å². The molecule has 0 heterocycles.